The van der Waals surface area contributed by atoms with Crippen LogP contribution in [0.4, 0.5) is 0 Å². The van der Waals surface area contributed by atoms with E-state index in [4.69, 9.17) is 5.26 Å². The van der Waals surface area contributed by atoms with Crippen molar-refractivity contribution in [1.29, 1.82) is 5.26 Å². The van der Waals surface area contributed by atoms with Crippen molar-refractivity contribution in [3.63, 3.8) is 0 Å². The van der Waals surface area contributed by atoms with E-state index >= 15 is 0 Å². The predicted octanol–water partition coefficient (Wildman–Crippen LogP) is 6.97. The van der Waals surface area contributed by atoms with Crippen LogP contribution in [0, 0.1) is 23.2 Å². The smallest absolute Gasteiger partial charge is 0.0655 e. The lowest BCUT2D eigenvalue weighted by molar-refractivity contribution is 0.293. The molecule has 0 spiro atoms. The molecule has 1 aliphatic heterocycles. The SMILES string of the molecule is CCCC1CCCC(C#N)C1.C\C=C(Br)/C(=C(/C)N1CCNCC1)C(/C)=N/C=C/CC. The lowest BCUT2D eigenvalue weighted by atomic mass is 9.80. The Morgan fingerprint density at radius 1 is 1.23 bits per heavy atom. The third kappa shape index (κ3) is 10.2. The molecule has 1 saturated heterocycles. The molecule has 1 heterocycles. The molecule has 2 fully saturated rings. The summed E-state index contributed by atoms with van der Waals surface area (Å²) in [6.45, 7) is 14.9. The van der Waals surface area contributed by atoms with Gasteiger partial charge >= 0.3 is 0 Å². The molecule has 0 aromatic carbocycles. The van der Waals surface area contributed by atoms with E-state index in [0.717, 1.165) is 55.1 Å². The molecule has 2 unspecified atom stereocenters. The first kappa shape index (κ1) is 27.7. The lowest BCUT2D eigenvalue weighted by Gasteiger charge is -2.32. The Kier molecular flexibility index (Phi) is 14.5. The van der Waals surface area contributed by atoms with Crippen LogP contribution in [0.2, 0.25) is 0 Å². The zero-order valence-corrected chi connectivity index (χ0v) is 22.0. The van der Waals surface area contributed by atoms with Crippen molar-refractivity contribution < 1.29 is 0 Å². The highest BCUT2D eigenvalue weighted by molar-refractivity contribution is 9.12. The number of halogens is 1. The van der Waals surface area contributed by atoms with E-state index in [2.05, 4.69) is 77.1 Å². The largest absolute Gasteiger partial charge is 0.372 e. The second-order valence-corrected chi connectivity index (χ2v) is 9.34. The van der Waals surface area contributed by atoms with Crippen LogP contribution in [0.3, 0.4) is 0 Å². The summed E-state index contributed by atoms with van der Waals surface area (Å²) in [7, 11) is 0. The summed E-state index contributed by atoms with van der Waals surface area (Å²) in [6.07, 6.45) is 14.7. The lowest BCUT2D eigenvalue weighted by Crippen LogP contribution is -2.43. The molecule has 1 saturated carbocycles. The molecule has 1 N–H and O–H groups in total. The summed E-state index contributed by atoms with van der Waals surface area (Å²) in [4.78, 5) is 6.99. The van der Waals surface area contributed by atoms with Gasteiger partial charge in [0.2, 0.25) is 0 Å². The van der Waals surface area contributed by atoms with Crippen molar-refractivity contribution in [3.8, 4) is 6.07 Å². The maximum absolute atomic E-state index is 8.73. The minimum absolute atomic E-state index is 0.375. The van der Waals surface area contributed by atoms with Gasteiger partial charge < -0.3 is 10.2 Å². The van der Waals surface area contributed by atoms with Gasteiger partial charge in [-0.2, -0.15) is 5.26 Å². The van der Waals surface area contributed by atoms with E-state index in [-0.39, 0.29) is 0 Å². The quantitative estimate of drug-likeness (QED) is 0.309. The van der Waals surface area contributed by atoms with Crippen LogP contribution in [0.5, 0.6) is 0 Å². The molecule has 5 heteroatoms. The minimum atomic E-state index is 0.375. The van der Waals surface area contributed by atoms with Crippen LogP contribution >= 0.6 is 15.9 Å². The molecule has 4 nitrogen and oxygen atoms in total. The second kappa shape index (κ2) is 16.3. The van der Waals surface area contributed by atoms with E-state index in [1.54, 1.807) is 0 Å². The fourth-order valence-electron chi connectivity index (χ4n) is 4.32. The van der Waals surface area contributed by atoms with Gasteiger partial charge in [-0.25, -0.2) is 0 Å². The Labute approximate surface area is 199 Å². The van der Waals surface area contributed by atoms with Crippen molar-refractivity contribution in [2.75, 3.05) is 26.2 Å². The van der Waals surface area contributed by atoms with Gasteiger partial charge in [0.15, 0.2) is 0 Å². The first-order valence-electron chi connectivity index (χ1n) is 12.1. The number of nitriles is 1. The van der Waals surface area contributed by atoms with Gasteiger partial charge in [0.1, 0.15) is 0 Å². The van der Waals surface area contributed by atoms with E-state index < -0.39 is 0 Å². The number of rotatable bonds is 7. The van der Waals surface area contributed by atoms with E-state index in [0.29, 0.717) is 5.92 Å². The number of aliphatic imine (C=N–C) groups is 1. The monoisotopic (exact) mass is 490 g/mol. The summed E-state index contributed by atoms with van der Waals surface area (Å²) in [5, 5.41) is 12.1. The minimum Gasteiger partial charge on any atom is -0.372 e. The zero-order chi connectivity index (χ0) is 23.1. The van der Waals surface area contributed by atoms with Crippen LogP contribution in [0.1, 0.15) is 79.6 Å². The standard InChI is InChI=1S/C16H26BrN3.C10H17N/c1-5-7-8-19-13(3)16(15(17)6-2)14(4)20-11-9-18-10-12-20;1-2-4-9-5-3-6-10(7-9)8-11/h6-8,18H,5,9-12H2,1-4H3;9-10H,2-7H2,1H3/b8-7+,15-6+,16-14-,19-13+;. The third-order valence-electron chi connectivity index (χ3n) is 6.08. The van der Waals surface area contributed by atoms with Gasteiger partial charge in [-0.05, 0) is 46.0 Å². The van der Waals surface area contributed by atoms with Crippen LogP contribution in [-0.4, -0.2) is 36.8 Å². The molecule has 0 aromatic rings. The molecule has 0 amide bonds. The van der Waals surface area contributed by atoms with Gasteiger partial charge in [-0.3, -0.25) is 4.99 Å². The molecular formula is C26H43BrN4. The van der Waals surface area contributed by atoms with Crippen molar-refractivity contribution in [2.45, 2.75) is 79.6 Å². The highest BCUT2D eigenvalue weighted by Crippen LogP contribution is 2.31. The van der Waals surface area contributed by atoms with Gasteiger partial charge in [0.05, 0.1) is 6.07 Å². The number of piperazine rings is 1. The summed E-state index contributed by atoms with van der Waals surface area (Å²) >= 11 is 3.68. The van der Waals surface area contributed by atoms with E-state index in [9.17, 15) is 0 Å². The highest BCUT2D eigenvalue weighted by Gasteiger charge is 2.20. The topological polar surface area (TPSA) is 51.4 Å². The Balaban J connectivity index is 0.000000367. The molecule has 0 bridgehead atoms. The summed E-state index contributed by atoms with van der Waals surface area (Å²) in [6, 6.07) is 2.39. The van der Waals surface area contributed by atoms with Gasteiger partial charge in [0.25, 0.3) is 0 Å². The summed E-state index contributed by atoms with van der Waals surface area (Å²) in [5.74, 6) is 1.23. The Morgan fingerprint density at radius 3 is 2.52 bits per heavy atom. The fraction of sp³-hybridized carbons (Fsp3) is 0.692. The maximum Gasteiger partial charge on any atom is 0.0655 e. The van der Waals surface area contributed by atoms with Gasteiger partial charge in [-0.15, -0.1) is 0 Å². The summed E-state index contributed by atoms with van der Waals surface area (Å²) < 4.78 is 1.11. The number of hydrogen-bond acceptors (Lipinski definition) is 4. The molecule has 0 aromatic heterocycles. The Bertz CT molecular complexity index is 676. The average molecular weight is 492 g/mol. The van der Waals surface area contributed by atoms with Gasteiger partial charge in [0, 0.05) is 59.8 Å². The molecule has 31 heavy (non-hydrogen) atoms. The molecule has 0 radical (unpaired) electrons. The van der Waals surface area contributed by atoms with Crippen LogP contribution in [0.25, 0.3) is 0 Å². The summed E-state index contributed by atoms with van der Waals surface area (Å²) in [5.41, 5.74) is 3.55. The number of allylic oxidation sites excluding steroid dienone is 5. The zero-order valence-electron chi connectivity index (χ0n) is 20.4. The maximum atomic E-state index is 8.73. The van der Waals surface area contributed by atoms with Crippen molar-refractivity contribution in [1.82, 2.24) is 10.2 Å². The van der Waals surface area contributed by atoms with Crippen LogP contribution in [0.15, 0.2) is 39.1 Å². The van der Waals surface area contributed by atoms with Gasteiger partial charge in [-0.1, -0.05) is 67.6 Å². The Hall–Kier alpha value is -1.38. The molecule has 174 valence electrons. The molecular weight excluding hydrogens is 448 g/mol. The molecule has 2 atom stereocenters. The molecule has 2 aliphatic rings. The second-order valence-electron chi connectivity index (χ2n) is 8.49. The third-order valence-corrected chi connectivity index (χ3v) is 6.93. The van der Waals surface area contributed by atoms with Crippen molar-refractivity contribution in [3.05, 3.63) is 34.1 Å². The molecule has 2 rings (SSSR count). The average Bonchev–Trinajstić information content (AvgIpc) is 2.80. The van der Waals surface area contributed by atoms with E-state index in [1.807, 2.05) is 13.1 Å². The first-order valence-corrected chi connectivity index (χ1v) is 12.9. The van der Waals surface area contributed by atoms with Crippen molar-refractivity contribution >= 4 is 21.6 Å². The van der Waals surface area contributed by atoms with Crippen LogP contribution < -0.4 is 5.32 Å². The van der Waals surface area contributed by atoms with Crippen molar-refractivity contribution in [2.24, 2.45) is 16.8 Å². The van der Waals surface area contributed by atoms with Crippen LogP contribution in [-0.2, 0) is 0 Å². The Morgan fingerprint density at radius 2 is 1.94 bits per heavy atom. The number of nitrogens with one attached hydrogen (secondary N) is 1. The first-order chi connectivity index (χ1) is 15.0. The fourth-order valence-corrected chi connectivity index (χ4v) is 4.90. The normalized spacial score (nSPS) is 23.7. The predicted molar refractivity (Wildman–Crippen MR) is 138 cm³/mol. The van der Waals surface area contributed by atoms with E-state index in [1.165, 1.54) is 43.4 Å². The highest BCUT2D eigenvalue weighted by atomic mass is 79.9. The molecule has 1 aliphatic carbocycles. The number of hydrogen-bond donors (Lipinski definition) is 1. The number of nitrogens with zero attached hydrogens (tertiary/aromatic N) is 3.